The summed E-state index contributed by atoms with van der Waals surface area (Å²) in [5.74, 6) is 0.212. The van der Waals surface area contributed by atoms with Crippen molar-refractivity contribution in [2.24, 2.45) is 22.8 Å². The van der Waals surface area contributed by atoms with E-state index in [0.29, 0.717) is 25.4 Å². The number of nitrogens with two attached hydrogens (primary N) is 2. The number of carbonyl (C=O) groups is 2. The predicted octanol–water partition coefficient (Wildman–Crippen LogP) is 0.228. The van der Waals surface area contributed by atoms with Gasteiger partial charge in [-0.15, -0.1) is 0 Å². The van der Waals surface area contributed by atoms with Gasteiger partial charge < -0.3 is 16.4 Å². The minimum atomic E-state index is -0.426. The molecular weight excluding hydrogens is 230 g/mol. The van der Waals surface area contributed by atoms with Crippen LogP contribution in [0.5, 0.6) is 0 Å². The van der Waals surface area contributed by atoms with E-state index in [9.17, 15) is 9.59 Å². The Morgan fingerprint density at radius 3 is 2.50 bits per heavy atom. The molecule has 18 heavy (non-hydrogen) atoms. The van der Waals surface area contributed by atoms with Crippen molar-refractivity contribution in [1.82, 2.24) is 4.90 Å². The fourth-order valence-electron chi connectivity index (χ4n) is 3.48. The summed E-state index contributed by atoms with van der Waals surface area (Å²) in [6.45, 7) is 3.14. The average molecular weight is 253 g/mol. The molecule has 0 bridgehead atoms. The smallest absolute Gasteiger partial charge is 0.240 e. The van der Waals surface area contributed by atoms with Gasteiger partial charge in [0, 0.05) is 13.1 Å². The Morgan fingerprint density at radius 2 is 2.00 bits per heavy atom. The molecule has 102 valence electrons. The Labute approximate surface area is 108 Å². The van der Waals surface area contributed by atoms with Crippen molar-refractivity contribution in [3.05, 3.63) is 0 Å². The van der Waals surface area contributed by atoms with Crippen LogP contribution in [0.3, 0.4) is 0 Å². The molecule has 5 heteroatoms. The Bertz CT molecular complexity index is 350. The maximum atomic E-state index is 12.6. The number of nitrogens with zero attached hydrogens (tertiary/aromatic N) is 1. The first kappa shape index (κ1) is 13.3. The van der Waals surface area contributed by atoms with Crippen LogP contribution in [0.15, 0.2) is 0 Å². The number of carbonyl (C=O) groups excluding carboxylic acids is 2. The van der Waals surface area contributed by atoms with Crippen molar-refractivity contribution in [2.75, 3.05) is 13.1 Å². The zero-order valence-electron chi connectivity index (χ0n) is 11.0. The SMILES string of the molecule is CC1CC(CN)(C(=O)N2CCCCC2C(N)=O)C1. The molecular formula is C13H23N3O2. The third kappa shape index (κ3) is 2.11. The van der Waals surface area contributed by atoms with Gasteiger partial charge in [0.25, 0.3) is 0 Å². The summed E-state index contributed by atoms with van der Waals surface area (Å²) in [4.78, 5) is 25.8. The topological polar surface area (TPSA) is 89.4 Å². The lowest BCUT2D eigenvalue weighted by Gasteiger charge is -2.48. The van der Waals surface area contributed by atoms with Crippen LogP contribution in [0.25, 0.3) is 0 Å². The largest absolute Gasteiger partial charge is 0.368 e. The monoisotopic (exact) mass is 253 g/mol. The van der Waals surface area contributed by atoms with Gasteiger partial charge in [0.1, 0.15) is 6.04 Å². The number of hydrogen-bond donors (Lipinski definition) is 2. The average Bonchev–Trinajstić information content (AvgIpc) is 2.33. The molecule has 0 spiro atoms. The van der Waals surface area contributed by atoms with Gasteiger partial charge >= 0.3 is 0 Å². The minimum Gasteiger partial charge on any atom is -0.368 e. The molecule has 2 amide bonds. The van der Waals surface area contributed by atoms with Gasteiger partial charge in [0.2, 0.25) is 11.8 Å². The molecule has 2 rings (SSSR count). The maximum Gasteiger partial charge on any atom is 0.240 e. The molecule has 1 saturated heterocycles. The fourth-order valence-corrected chi connectivity index (χ4v) is 3.48. The Hall–Kier alpha value is -1.10. The summed E-state index contributed by atoms with van der Waals surface area (Å²) < 4.78 is 0. The summed E-state index contributed by atoms with van der Waals surface area (Å²) in [6, 6.07) is -0.425. The Balaban J connectivity index is 2.13. The van der Waals surface area contributed by atoms with E-state index in [-0.39, 0.29) is 11.8 Å². The summed E-state index contributed by atoms with van der Waals surface area (Å²) in [6.07, 6.45) is 4.28. The summed E-state index contributed by atoms with van der Waals surface area (Å²) in [5.41, 5.74) is 10.8. The molecule has 1 heterocycles. The number of hydrogen-bond acceptors (Lipinski definition) is 3. The molecule has 0 radical (unpaired) electrons. The predicted molar refractivity (Wildman–Crippen MR) is 68.4 cm³/mol. The van der Waals surface area contributed by atoms with Crippen LogP contribution in [0.4, 0.5) is 0 Å². The second kappa shape index (κ2) is 4.88. The summed E-state index contributed by atoms with van der Waals surface area (Å²) >= 11 is 0. The molecule has 1 aliphatic heterocycles. The van der Waals surface area contributed by atoms with E-state index in [1.54, 1.807) is 4.90 Å². The highest BCUT2D eigenvalue weighted by Crippen LogP contribution is 2.46. The van der Waals surface area contributed by atoms with Crippen LogP contribution in [-0.4, -0.2) is 35.8 Å². The quantitative estimate of drug-likeness (QED) is 0.754. The number of likely N-dealkylation sites (tertiary alicyclic amines) is 1. The van der Waals surface area contributed by atoms with Crippen molar-refractivity contribution >= 4 is 11.8 Å². The van der Waals surface area contributed by atoms with Gasteiger partial charge in [0.05, 0.1) is 5.41 Å². The van der Waals surface area contributed by atoms with Crippen molar-refractivity contribution < 1.29 is 9.59 Å². The third-order valence-electron chi connectivity index (χ3n) is 4.41. The normalized spacial score (nSPS) is 36.0. The van der Waals surface area contributed by atoms with Gasteiger partial charge in [-0.2, -0.15) is 0 Å². The van der Waals surface area contributed by atoms with Crippen LogP contribution in [0, 0.1) is 11.3 Å². The van der Waals surface area contributed by atoms with Crippen LogP contribution in [-0.2, 0) is 9.59 Å². The Morgan fingerprint density at radius 1 is 1.33 bits per heavy atom. The van der Waals surface area contributed by atoms with Crippen LogP contribution < -0.4 is 11.5 Å². The van der Waals surface area contributed by atoms with Gasteiger partial charge in [-0.05, 0) is 38.0 Å². The number of amides is 2. The van der Waals surface area contributed by atoms with E-state index in [1.807, 2.05) is 0 Å². The molecule has 0 aromatic heterocycles. The first-order valence-electron chi connectivity index (χ1n) is 6.80. The van der Waals surface area contributed by atoms with Gasteiger partial charge in [0.15, 0.2) is 0 Å². The minimum absolute atomic E-state index is 0.0478. The van der Waals surface area contributed by atoms with Crippen LogP contribution in [0.2, 0.25) is 0 Å². The van der Waals surface area contributed by atoms with Crippen molar-refractivity contribution in [3.8, 4) is 0 Å². The van der Waals surface area contributed by atoms with Crippen molar-refractivity contribution in [3.63, 3.8) is 0 Å². The van der Waals surface area contributed by atoms with Gasteiger partial charge in [-0.3, -0.25) is 9.59 Å². The van der Waals surface area contributed by atoms with E-state index in [4.69, 9.17) is 11.5 Å². The second-order valence-electron chi connectivity index (χ2n) is 5.91. The number of primary amides is 1. The van der Waals surface area contributed by atoms with Crippen LogP contribution >= 0.6 is 0 Å². The van der Waals surface area contributed by atoms with E-state index in [1.165, 1.54) is 0 Å². The third-order valence-corrected chi connectivity index (χ3v) is 4.41. The summed E-state index contributed by atoms with van der Waals surface area (Å²) in [7, 11) is 0. The second-order valence-corrected chi connectivity index (χ2v) is 5.91. The molecule has 1 unspecified atom stereocenters. The lowest BCUT2D eigenvalue weighted by molar-refractivity contribution is -0.156. The van der Waals surface area contributed by atoms with E-state index in [0.717, 1.165) is 25.7 Å². The molecule has 2 aliphatic rings. The first-order valence-corrected chi connectivity index (χ1v) is 6.80. The van der Waals surface area contributed by atoms with Gasteiger partial charge in [-0.25, -0.2) is 0 Å². The highest BCUT2D eigenvalue weighted by Gasteiger charge is 2.50. The number of piperidine rings is 1. The first-order chi connectivity index (χ1) is 8.50. The highest BCUT2D eigenvalue weighted by atomic mass is 16.2. The van der Waals surface area contributed by atoms with Gasteiger partial charge in [-0.1, -0.05) is 6.92 Å². The zero-order valence-corrected chi connectivity index (χ0v) is 11.0. The molecule has 1 atom stereocenters. The van der Waals surface area contributed by atoms with Crippen molar-refractivity contribution in [2.45, 2.75) is 45.1 Å². The van der Waals surface area contributed by atoms with E-state index >= 15 is 0 Å². The highest BCUT2D eigenvalue weighted by molar-refractivity contribution is 5.90. The molecule has 4 N–H and O–H groups in total. The molecule has 2 fully saturated rings. The number of rotatable bonds is 3. The lowest BCUT2D eigenvalue weighted by Crippen LogP contribution is -2.60. The van der Waals surface area contributed by atoms with Crippen molar-refractivity contribution in [1.29, 1.82) is 0 Å². The molecule has 1 aliphatic carbocycles. The Kier molecular flexibility index (Phi) is 3.61. The molecule has 5 nitrogen and oxygen atoms in total. The summed E-state index contributed by atoms with van der Waals surface area (Å²) in [5, 5.41) is 0. The standard InChI is InChI=1S/C13H23N3O2/c1-9-6-13(7-9,8-14)12(18)16-5-3-2-4-10(16)11(15)17/h9-10H,2-8,14H2,1H3,(H2,15,17). The molecule has 1 saturated carbocycles. The molecule has 0 aromatic carbocycles. The molecule has 0 aromatic rings. The van der Waals surface area contributed by atoms with E-state index < -0.39 is 11.5 Å². The lowest BCUT2D eigenvalue weighted by atomic mass is 9.61. The zero-order chi connectivity index (χ0) is 13.3. The fraction of sp³-hybridized carbons (Fsp3) is 0.846. The maximum absolute atomic E-state index is 12.6. The van der Waals surface area contributed by atoms with Crippen LogP contribution in [0.1, 0.15) is 39.0 Å². The van der Waals surface area contributed by atoms with E-state index in [2.05, 4.69) is 6.92 Å².